The molecule has 0 aliphatic heterocycles. The second kappa shape index (κ2) is 12.3. The molecule has 0 fully saturated rings. The minimum atomic E-state index is -0.910. The van der Waals surface area contributed by atoms with Gasteiger partial charge < -0.3 is 9.84 Å². The maximum Gasteiger partial charge on any atom is 0.330 e. The maximum atomic E-state index is 10.7. The Bertz CT molecular complexity index is 846. The molecule has 0 spiro atoms. The van der Waals surface area contributed by atoms with Gasteiger partial charge in [0.2, 0.25) is 0 Å². The van der Waals surface area contributed by atoms with E-state index in [4.69, 9.17) is 5.11 Å². The molecule has 4 nitrogen and oxygen atoms in total. The van der Waals surface area contributed by atoms with Crippen LogP contribution in [0.5, 0.6) is 0 Å². The summed E-state index contributed by atoms with van der Waals surface area (Å²) in [6.45, 7) is 8.56. The molecule has 1 N–H and O–H groups in total. The number of hydrogen-bond acceptors (Lipinski definition) is 3. The van der Waals surface area contributed by atoms with Crippen molar-refractivity contribution >= 4 is 24.1 Å². The Morgan fingerprint density at radius 1 is 0.897 bits per heavy atom. The molecule has 0 aromatic heterocycles. The number of carboxylic acids is 1. The largest absolute Gasteiger partial charge is 0.478 e. The normalized spacial score (nSPS) is 11.0. The van der Waals surface area contributed by atoms with E-state index in [1.807, 2.05) is 36.4 Å². The van der Waals surface area contributed by atoms with Crippen LogP contribution in [0, 0.1) is 0 Å². The van der Waals surface area contributed by atoms with Crippen LogP contribution in [-0.4, -0.2) is 24.2 Å². The summed E-state index contributed by atoms with van der Waals surface area (Å²) >= 11 is 0. The summed E-state index contributed by atoms with van der Waals surface area (Å²) < 4.78 is 4.45. The van der Waals surface area contributed by atoms with Crippen LogP contribution in [0.3, 0.4) is 0 Å². The minimum Gasteiger partial charge on any atom is -0.478 e. The predicted molar refractivity (Wildman–Crippen MR) is 119 cm³/mol. The molecule has 0 saturated carbocycles. The third-order valence-corrected chi connectivity index (χ3v) is 4.22. The van der Waals surface area contributed by atoms with E-state index in [2.05, 4.69) is 44.6 Å². The minimum absolute atomic E-state index is 0.334. The number of carbonyl (C=O) groups is 2. The molecule has 0 unspecified atom stereocenters. The monoisotopic (exact) mass is 394 g/mol. The number of aliphatic carboxylic acids is 1. The Morgan fingerprint density at radius 3 is 2.07 bits per heavy atom. The number of ether oxygens (including phenoxy) is 1. The number of methoxy groups -OCH3 is 1. The zero-order valence-corrected chi connectivity index (χ0v) is 17.8. The highest BCUT2D eigenvalue weighted by atomic mass is 16.5. The van der Waals surface area contributed by atoms with Crippen molar-refractivity contribution in [3.05, 3.63) is 82.9 Å². The zero-order chi connectivity index (χ0) is 21.8. The third kappa shape index (κ3) is 9.06. The van der Waals surface area contributed by atoms with E-state index < -0.39 is 5.97 Å². The van der Waals surface area contributed by atoms with Crippen molar-refractivity contribution in [2.75, 3.05) is 7.11 Å². The summed E-state index contributed by atoms with van der Waals surface area (Å²) in [4.78, 5) is 21.2. The molecule has 2 aromatic carbocycles. The van der Waals surface area contributed by atoms with Gasteiger partial charge in [0.15, 0.2) is 0 Å². The number of carboxylic acid groups (broad SMARTS) is 1. The summed E-state index contributed by atoms with van der Waals surface area (Å²) in [6, 6.07) is 15.8. The van der Waals surface area contributed by atoms with Crippen LogP contribution in [0.1, 0.15) is 61.8 Å². The third-order valence-electron chi connectivity index (χ3n) is 4.22. The van der Waals surface area contributed by atoms with E-state index in [0.717, 1.165) is 11.1 Å². The molecule has 0 aliphatic carbocycles. The molecular formula is C25H30O4. The molecule has 2 rings (SSSR count). The molecule has 0 saturated heterocycles. The molecule has 0 aliphatic rings. The first-order valence-corrected chi connectivity index (χ1v) is 9.60. The molecule has 29 heavy (non-hydrogen) atoms. The number of esters is 1. The molecule has 0 bridgehead atoms. The van der Waals surface area contributed by atoms with Crippen molar-refractivity contribution < 1.29 is 19.4 Å². The quantitative estimate of drug-likeness (QED) is 0.489. The highest BCUT2D eigenvalue weighted by molar-refractivity contribution is 5.87. The lowest BCUT2D eigenvalue weighted by Gasteiger charge is -2.14. The lowest BCUT2D eigenvalue weighted by atomic mass is 9.91. The molecule has 0 atom stereocenters. The van der Waals surface area contributed by atoms with Crippen LogP contribution in [0.2, 0.25) is 0 Å². The maximum absolute atomic E-state index is 10.7. The molecule has 0 heterocycles. The number of carbonyl (C=O) groups excluding carboxylic acids is 1. The second-order valence-corrected chi connectivity index (χ2v) is 7.14. The van der Waals surface area contributed by atoms with Crippen LogP contribution in [0.15, 0.2) is 60.7 Å². The van der Waals surface area contributed by atoms with Gasteiger partial charge in [0.1, 0.15) is 0 Å². The molecule has 154 valence electrons. The fourth-order valence-electron chi connectivity index (χ4n) is 2.56. The van der Waals surface area contributed by atoms with Crippen molar-refractivity contribution in [3.63, 3.8) is 0 Å². The topological polar surface area (TPSA) is 63.6 Å². The summed E-state index contributed by atoms with van der Waals surface area (Å²) in [6.07, 6.45) is 5.97. The molecule has 2 aromatic rings. The fourth-order valence-corrected chi connectivity index (χ4v) is 2.56. The Kier molecular flexibility index (Phi) is 10.2. The first-order chi connectivity index (χ1) is 13.7. The Morgan fingerprint density at radius 2 is 1.55 bits per heavy atom. The molecule has 4 heteroatoms. The van der Waals surface area contributed by atoms with Crippen LogP contribution in [-0.2, 0) is 14.3 Å². The highest BCUT2D eigenvalue weighted by Crippen LogP contribution is 2.25. The number of rotatable bonds is 6. The average Bonchev–Trinajstić information content (AvgIpc) is 2.71. The van der Waals surface area contributed by atoms with Gasteiger partial charge in [-0.2, -0.15) is 0 Å². The lowest BCUT2D eigenvalue weighted by molar-refractivity contribution is -0.135. The van der Waals surface area contributed by atoms with Gasteiger partial charge in [-0.3, -0.25) is 0 Å². The Labute approximate surface area is 173 Å². The first kappa shape index (κ1) is 23.9. The van der Waals surface area contributed by atoms with Crippen molar-refractivity contribution in [2.45, 2.75) is 39.5 Å². The summed E-state index contributed by atoms with van der Waals surface area (Å²) in [7, 11) is 1.36. The van der Waals surface area contributed by atoms with Crippen LogP contribution in [0.25, 0.3) is 12.2 Å². The van der Waals surface area contributed by atoms with E-state index in [-0.39, 0.29) is 5.97 Å². The Balaban J connectivity index is 0.000000308. The summed E-state index contributed by atoms with van der Waals surface area (Å²) in [5.41, 5.74) is 4.48. The van der Waals surface area contributed by atoms with Gasteiger partial charge in [0.05, 0.1) is 7.11 Å². The SMILES string of the molecule is CC(C)c1ccc(C=CC(=O)O)c(C(C)C)c1.COC(=O)C=Cc1ccccc1. The van der Waals surface area contributed by atoms with Gasteiger partial charge in [-0.05, 0) is 46.2 Å². The zero-order valence-electron chi connectivity index (χ0n) is 17.8. The van der Waals surface area contributed by atoms with Crippen LogP contribution >= 0.6 is 0 Å². The van der Waals surface area contributed by atoms with Gasteiger partial charge in [0.25, 0.3) is 0 Å². The van der Waals surface area contributed by atoms with E-state index >= 15 is 0 Å². The van der Waals surface area contributed by atoms with E-state index in [1.165, 1.54) is 30.4 Å². The van der Waals surface area contributed by atoms with Gasteiger partial charge in [-0.25, -0.2) is 9.59 Å². The summed E-state index contributed by atoms with van der Waals surface area (Å²) in [5, 5.41) is 8.66. The number of hydrogen-bond donors (Lipinski definition) is 1. The van der Waals surface area contributed by atoms with E-state index in [0.29, 0.717) is 11.8 Å². The van der Waals surface area contributed by atoms with Crippen molar-refractivity contribution in [3.8, 4) is 0 Å². The van der Waals surface area contributed by atoms with Crippen LogP contribution < -0.4 is 0 Å². The molecule has 0 radical (unpaired) electrons. The number of benzene rings is 2. The molecule has 0 amide bonds. The van der Waals surface area contributed by atoms with E-state index in [9.17, 15) is 9.59 Å². The van der Waals surface area contributed by atoms with Crippen LogP contribution in [0.4, 0.5) is 0 Å². The van der Waals surface area contributed by atoms with Gasteiger partial charge in [-0.1, -0.05) is 76.2 Å². The van der Waals surface area contributed by atoms with E-state index in [1.54, 1.807) is 12.2 Å². The summed E-state index contributed by atoms with van der Waals surface area (Å²) in [5.74, 6) is -0.362. The first-order valence-electron chi connectivity index (χ1n) is 9.60. The second-order valence-electron chi connectivity index (χ2n) is 7.14. The molecular weight excluding hydrogens is 364 g/mol. The standard InChI is InChI=1S/C15H20O2.C10H10O2/c1-10(2)13-6-5-12(7-8-15(16)17)14(9-13)11(3)4;1-12-10(11)8-7-9-5-3-2-4-6-9/h5-11H,1-4H3,(H,16,17);2-8H,1H3. The fraction of sp³-hybridized carbons (Fsp3) is 0.280. The lowest BCUT2D eigenvalue weighted by Crippen LogP contribution is -1.97. The highest BCUT2D eigenvalue weighted by Gasteiger charge is 2.08. The van der Waals surface area contributed by atoms with Gasteiger partial charge in [0, 0.05) is 12.2 Å². The average molecular weight is 395 g/mol. The Hall–Kier alpha value is -3.14. The van der Waals surface area contributed by atoms with Crippen molar-refractivity contribution in [2.24, 2.45) is 0 Å². The van der Waals surface area contributed by atoms with Gasteiger partial charge in [-0.15, -0.1) is 0 Å². The van der Waals surface area contributed by atoms with Gasteiger partial charge >= 0.3 is 11.9 Å². The van der Waals surface area contributed by atoms with Crippen molar-refractivity contribution in [1.82, 2.24) is 0 Å². The smallest absolute Gasteiger partial charge is 0.330 e. The predicted octanol–water partition coefficient (Wildman–Crippen LogP) is 5.90. The van der Waals surface area contributed by atoms with Crippen molar-refractivity contribution in [1.29, 1.82) is 0 Å².